The summed E-state index contributed by atoms with van der Waals surface area (Å²) in [5, 5.41) is 9.37. The van der Waals surface area contributed by atoms with Gasteiger partial charge in [0, 0.05) is 38.4 Å². The molecule has 0 bridgehead atoms. The van der Waals surface area contributed by atoms with Crippen LogP contribution in [-0.2, 0) is 22.4 Å². The second-order valence-corrected chi connectivity index (χ2v) is 12.7. The number of ether oxygens (including phenoxy) is 3. The summed E-state index contributed by atoms with van der Waals surface area (Å²) >= 11 is 0. The van der Waals surface area contributed by atoms with Crippen molar-refractivity contribution in [3.05, 3.63) is 75.7 Å². The summed E-state index contributed by atoms with van der Waals surface area (Å²) in [6, 6.07) is 14.9. The number of rotatable bonds is 17. The number of nitrogens with zero attached hydrogens (tertiary/aromatic N) is 1. The van der Waals surface area contributed by atoms with E-state index in [1.807, 2.05) is 36.4 Å². The van der Waals surface area contributed by atoms with Crippen molar-refractivity contribution in [1.82, 2.24) is 20.6 Å². The maximum Gasteiger partial charge on any atom is 0.219 e. The second kappa shape index (κ2) is 17.6. The lowest BCUT2D eigenvalue weighted by molar-refractivity contribution is -0.121. The van der Waals surface area contributed by atoms with E-state index in [4.69, 9.17) is 14.2 Å². The molecule has 4 N–H and O–H groups in total. The third kappa shape index (κ3) is 8.94. The second-order valence-electron chi connectivity index (χ2n) is 12.7. The van der Waals surface area contributed by atoms with E-state index in [-0.39, 0.29) is 23.3 Å². The van der Waals surface area contributed by atoms with Gasteiger partial charge in [-0.3, -0.25) is 14.4 Å². The number of fused-ring (bicyclic) bond motifs is 4. The van der Waals surface area contributed by atoms with Gasteiger partial charge in [0.15, 0.2) is 11.5 Å². The molecule has 0 radical (unpaired) electrons. The predicted molar refractivity (Wildman–Crippen MR) is 196 cm³/mol. The topological polar surface area (TPSA) is 144 Å². The van der Waals surface area contributed by atoms with Crippen LogP contribution in [0.15, 0.2) is 53.3 Å². The highest BCUT2D eigenvalue weighted by atomic mass is 16.5. The summed E-state index contributed by atoms with van der Waals surface area (Å²) in [4.78, 5) is 46.0. The number of unbranched alkanes of at least 4 members (excludes halogenated alkanes) is 4. The lowest BCUT2D eigenvalue weighted by atomic mass is 9.95. The van der Waals surface area contributed by atoms with Crippen LogP contribution in [-0.4, -0.2) is 56.2 Å². The molecule has 0 saturated heterocycles. The Bertz CT molecular complexity index is 1820. The number of amides is 2. The average Bonchev–Trinajstić information content (AvgIpc) is 3.39. The van der Waals surface area contributed by atoms with Gasteiger partial charge in [0.2, 0.25) is 23.0 Å². The van der Waals surface area contributed by atoms with E-state index >= 15 is 0 Å². The third-order valence-corrected chi connectivity index (χ3v) is 9.16. The molecule has 2 amide bonds. The number of nitrogens with one attached hydrogen (secondary N) is 4. The number of aryl methyl sites for hydroxylation is 2. The monoisotopic (exact) mass is 683 g/mol. The van der Waals surface area contributed by atoms with Gasteiger partial charge in [0.05, 0.1) is 44.1 Å². The highest BCUT2D eigenvalue weighted by molar-refractivity contribution is 5.84. The summed E-state index contributed by atoms with van der Waals surface area (Å²) in [7, 11) is 4.73. The van der Waals surface area contributed by atoms with Gasteiger partial charge in [-0.2, -0.15) is 0 Å². The van der Waals surface area contributed by atoms with Gasteiger partial charge in [-0.05, 0) is 85.5 Å². The van der Waals surface area contributed by atoms with Crippen molar-refractivity contribution in [1.29, 1.82) is 0 Å². The van der Waals surface area contributed by atoms with Crippen LogP contribution < -0.4 is 35.6 Å². The van der Waals surface area contributed by atoms with E-state index in [1.54, 1.807) is 33.5 Å². The Morgan fingerprint density at radius 1 is 0.900 bits per heavy atom. The molecule has 0 saturated carbocycles. The first kappa shape index (κ1) is 36.2. The number of H-pyrrole nitrogens is 1. The summed E-state index contributed by atoms with van der Waals surface area (Å²) in [6.45, 7) is 2.76. The Kier molecular flexibility index (Phi) is 12.7. The van der Waals surface area contributed by atoms with Crippen molar-refractivity contribution in [2.75, 3.05) is 39.7 Å². The van der Waals surface area contributed by atoms with Crippen LogP contribution in [0.3, 0.4) is 0 Å². The lowest BCUT2D eigenvalue weighted by Gasteiger charge is -2.19. The molecule has 1 aliphatic rings. The van der Waals surface area contributed by atoms with Gasteiger partial charge in [-0.25, -0.2) is 4.98 Å². The molecule has 5 rings (SSSR count). The van der Waals surface area contributed by atoms with Crippen LogP contribution in [0.4, 0.5) is 5.69 Å². The van der Waals surface area contributed by atoms with Crippen molar-refractivity contribution >= 4 is 28.5 Å². The van der Waals surface area contributed by atoms with E-state index in [1.165, 1.54) is 6.92 Å². The van der Waals surface area contributed by atoms with Crippen LogP contribution in [0.2, 0.25) is 0 Å². The Labute approximate surface area is 293 Å². The van der Waals surface area contributed by atoms with Gasteiger partial charge in [0.25, 0.3) is 0 Å². The van der Waals surface area contributed by atoms with E-state index in [0.717, 1.165) is 84.1 Å². The predicted octanol–water partition coefficient (Wildman–Crippen LogP) is 6.24. The summed E-state index contributed by atoms with van der Waals surface area (Å²) in [5.74, 6) is 2.45. The van der Waals surface area contributed by atoms with Crippen molar-refractivity contribution in [3.63, 3.8) is 0 Å². The fourth-order valence-electron chi connectivity index (χ4n) is 6.70. The Balaban J connectivity index is 1.11. The molecule has 4 aromatic rings. The SMILES string of the molecule is COc1cc2c(c(OC)c1OC)-c1ccc(NCCCCCC(=O)NCCCCCc3nc4ccccc4[nH]3)c(=O)cc1[C@@H](NC(C)=O)CC2. The minimum absolute atomic E-state index is 0.0763. The van der Waals surface area contributed by atoms with Crippen LogP contribution >= 0.6 is 0 Å². The van der Waals surface area contributed by atoms with Crippen molar-refractivity contribution in [2.45, 2.75) is 77.2 Å². The number of aromatic nitrogens is 2. The summed E-state index contributed by atoms with van der Waals surface area (Å²) in [5.41, 5.74) is 5.67. The molecule has 0 unspecified atom stereocenters. The van der Waals surface area contributed by atoms with Gasteiger partial charge in [-0.1, -0.05) is 31.0 Å². The maximum absolute atomic E-state index is 13.5. The molecule has 0 aliphatic heterocycles. The van der Waals surface area contributed by atoms with Gasteiger partial charge < -0.3 is 35.1 Å². The number of anilines is 1. The lowest BCUT2D eigenvalue weighted by Crippen LogP contribution is -2.26. The first-order valence-corrected chi connectivity index (χ1v) is 17.5. The molecule has 266 valence electrons. The molecule has 0 fully saturated rings. The van der Waals surface area contributed by atoms with E-state index in [0.29, 0.717) is 55.3 Å². The molecule has 50 heavy (non-hydrogen) atoms. The molecule has 11 nitrogen and oxygen atoms in total. The highest BCUT2D eigenvalue weighted by Gasteiger charge is 2.29. The minimum atomic E-state index is -0.363. The maximum atomic E-state index is 13.5. The molecular formula is C39H49N5O6. The number of carbonyl (C=O) groups is 2. The summed E-state index contributed by atoms with van der Waals surface area (Å²) < 4.78 is 17.1. The number of carbonyl (C=O) groups excluding carboxylic acids is 2. The van der Waals surface area contributed by atoms with Crippen LogP contribution in [0.25, 0.3) is 22.2 Å². The first-order chi connectivity index (χ1) is 24.3. The smallest absolute Gasteiger partial charge is 0.219 e. The van der Waals surface area contributed by atoms with Crippen LogP contribution in [0.1, 0.15) is 81.3 Å². The molecular weight excluding hydrogens is 634 g/mol. The number of imidazole rings is 1. The van der Waals surface area contributed by atoms with Crippen molar-refractivity contribution in [2.24, 2.45) is 0 Å². The largest absolute Gasteiger partial charge is 0.493 e. The quantitative estimate of drug-likeness (QED) is 0.0958. The minimum Gasteiger partial charge on any atom is -0.493 e. The number of aromatic amines is 1. The zero-order valence-electron chi connectivity index (χ0n) is 29.6. The van der Waals surface area contributed by atoms with Gasteiger partial charge >= 0.3 is 0 Å². The summed E-state index contributed by atoms with van der Waals surface area (Å²) in [6.07, 6.45) is 8.07. The first-order valence-electron chi connectivity index (χ1n) is 17.5. The Morgan fingerprint density at radius 2 is 1.68 bits per heavy atom. The van der Waals surface area contributed by atoms with Crippen LogP contribution in [0.5, 0.6) is 17.2 Å². The Morgan fingerprint density at radius 3 is 2.44 bits per heavy atom. The molecule has 1 aliphatic carbocycles. The van der Waals surface area contributed by atoms with Gasteiger partial charge in [0.1, 0.15) is 5.82 Å². The number of hydrogen-bond donors (Lipinski definition) is 4. The molecule has 1 aromatic heterocycles. The fourth-order valence-corrected chi connectivity index (χ4v) is 6.70. The zero-order chi connectivity index (χ0) is 35.5. The number of methoxy groups -OCH3 is 3. The van der Waals surface area contributed by atoms with E-state index in [2.05, 4.69) is 25.9 Å². The highest BCUT2D eigenvalue weighted by Crippen LogP contribution is 2.50. The van der Waals surface area contributed by atoms with Crippen molar-refractivity contribution < 1.29 is 23.8 Å². The van der Waals surface area contributed by atoms with Gasteiger partial charge in [-0.15, -0.1) is 0 Å². The number of benzene rings is 2. The average molecular weight is 684 g/mol. The number of para-hydroxylation sites is 2. The zero-order valence-corrected chi connectivity index (χ0v) is 29.6. The Hall–Kier alpha value is -5.06. The molecule has 0 spiro atoms. The molecule has 3 aromatic carbocycles. The third-order valence-electron chi connectivity index (χ3n) is 9.16. The number of hydrogen-bond acceptors (Lipinski definition) is 8. The standard InChI is InChI=1S/C39H49N5O6/c1-25(45)42-29-19-17-26-23-34(48-2)38(49-3)39(50-4)37(26)27-18-20-32(33(46)24-28(27)29)40-21-11-6-8-16-36(47)41-22-12-5-7-15-35-43-30-13-9-10-14-31(30)44-35/h9-10,13-14,18,20,23-24,29H,5-8,11-12,15-17,19,21-22H2,1-4H3,(H,40,46)(H,41,47)(H,42,45)(H,43,44)/t29-/m0/s1. The molecule has 11 heteroatoms. The van der Waals surface area contributed by atoms with E-state index < -0.39 is 0 Å². The normalized spacial score (nSPS) is 13.5. The van der Waals surface area contributed by atoms with E-state index in [9.17, 15) is 14.4 Å². The molecule has 1 atom stereocenters. The molecule has 1 heterocycles. The fraction of sp³-hybridized carbons (Fsp3) is 0.436. The van der Waals surface area contributed by atoms with Crippen LogP contribution in [0, 0.1) is 0 Å². The van der Waals surface area contributed by atoms with Crippen molar-refractivity contribution in [3.8, 4) is 28.4 Å².